The number of hydrogen-bond acceptors (Lipinski definition) is 5. The Bertz CT molecular complexity index is 488. The van der Waals surface area contributed by atoms with Crippen molar-refractivity contribution < 1.29 is 17.9 Å². The normalized spacial score (nSPS) is 13.1. The largest absolute Gasteiger partial charge is 0.492 e. The summed E-state index contributed by atoms with van der Waals surface area (Å²) in [7, 11) is -1.76. The molecule has 1 rings (SSSR count). The van der Waals surface area contributed by atoms with Gasteiger partial charge < -0.3 is 15.2 Å². The number of rotatable bonds is 9. The predicted molar refractivity (Wildman–Crippen MR) is 79.2 cm³/mol. The number of sulfonamides is 1. The Hall–Kier alpha value is -1.31. The van der Waals surface area contributed by atoms with Gasteiger partial charge in [0.15, 0.2) is 0 Å². The molecule has 0 aromatic heterocycles. The quantitative estimate of drug-likeness (QED) is 0.664. The molecule has 1 aromatic rings. The Balaban J connectivity index is 2.34. The van der Waals surface area contributed by atoms with Crippen LogP contribution in [0.25, 0.3) is 0 Å². The monoisotopic (exact) mass is 302 g/mol. The second kappa shape index (κ2) is 8.08. The molecule has 0 spiro atoms. The van der Waals surface area contributed by atoms with Gasteiger partial charge in [0.1, 0.15) is 12.4 Å². The van der Waals surface area contributed by atoms with Crippen LogP contribution < -0.4 is 15.2 Å². The van der Waals surface area contributed by atoms with E-state index in [1.165, 1.54) is 0 Å². The maximum absolute atomic E-state index is 11.8. The zero-order valence-electron chi connectivity index (χ0n) is 11.8. The van der Waals surface area contributed by atoms with Crippen LogP contribution in [0.1, 0.15) is 13.3 Å². The minimum atomic E-state index is -3.34. The molecule has 0 aliphatic rings. The molecule has 1 aromatic carbocycles. The zero-order valence-corrected chi connectivity index (χ0v) is 12.7. The number of benzene rings is 1. The first-order valence-electron chi connectivity index (χ1n) is 6.40. The summed E-state index contributed by atoms with van der Waals surface area (Å²) in [5.74, 6) is 0.510. The molecule has 6 nitrogen and oxygen atoms in total. The Kier molecular flexibility index (Phi) is 6.77. The second-order valence-corrected chi connectivity index (χ2v) is 6.41. The van der Waals surface area contributed by atoms with Crippen LogP contribution in [0.3, 0.4) is 0 Å². The smallest absolute Gasteiger partial charge is 0.215 e. The van der Waals surface area contributed by atoms with Crippen molar-refractivity contribution in [3.8, 4) is 5.75 Å². The van der Waals surface area contributed by atoms with Crippen LogP contribution in [-0.4, -0.2) is 40.5 Å². The number of nitrogen functional groups attached to an aromatic ring is 1. The highest BCUT2D eigenvalue weighted by Gasteiger charge is 2.14. The second-order valence-electron chi connectivity index (χ2n) is 4.54. The van der Waals surface area contributed by atoms with E-state index >= 15 is 0 Å². The number of ether oxygens (including phenoxy) is 2. The first-order chi connectivity index (χ1) is 9.43. The Morgan fingerprint density at radius 2 is 1.90 bits per heavy atom. The van der Waals surface area contributed by atoms with Crippen LogP contribution in [0.15, 0.2) is 24.3 Å². The average molecular weight is 302 g/mol. The molecule has 0 heterocycles. The number of hydrogen-bond donors (Lipinski definition) is 2. The lowest BCUT2D eigenvalue weighted by Gasteiger charge is -2.14. The van der Waals surface area contributed by atoms with E-state index in [2.05, 4.69) is 4.72 Å². The minimum absolute atomic E-state index is 0.0886. The minimum Gasteiger partial charge on any atom is -0.492 e. The van der Waals surface area contributed by atoms with Gasteiger partial charge >= 0.3 is 0 Å². The number of anilines is 1. The van der Waals surface area contributed by atoms with Gasteiger partial charge in [-0.3, -0.25) is 0 Å². The number of nitrogens with two attached hydrogens (primary N) is 1. The fourth-order valence-corrected chi connectivity index (χ4v) is 2.70. The van der Waals surface area contributed by atoms with E-state index < -0.39 is 10.0 Å². The van der Waals surface area contributed by atoms with Crippen molar-refractivity contribution in [1.29, 1.82) is 0 Å². The summed E-state index contributed by atoms with van der Waals surface area (Å²) >= 11 is 0. The third-order valence-corrected chi connectivity index (χ3v) is 4.10. The fourth-order valence-electron chi connectivity index (χ4n) is 1.55. The molecule has 7 heteroatoms. The first kappa shape index (κ1) is 16.7. The molecular weight excluding hydrogens is 280 g/mol. The van der Waals surface area contributed by atoms with Gasteiger partial charge in [0.2, 0.25) is 10.0 Å². The summed E-state index contributed by atoms with van der Waals surface area (Å²) in [5.41, 5.74) is 6.19. The molecule has 0 saturated heterocycles. The zero-order chi connectivity index (χ0) is 15.0. The van der Waals surface area contributed by atoms with Crippen molar-refractivity contribution in [2.24, 2.45) is 0 Å². The Morgan fingerprint density at radius 1 is 1.25 bits per heavy atom. The van der Waals surface area contributed by atoms with Crippen molar-refractivity contribution in [2.45, 2.75) is 19.4 Å². The van der Waals surface area contributed by atoms with Gasteiger partial charge in [0.25, 0.3) is 0 Å². The van der Waals surface area contributed by atoms with E-state index in [-0.39, 0.29) is 18.4 Å². The lowest BCUT2D eigenvalue weighted by molar-refractivity contribution is 0.188. The molecule has 0 saturated carbocycles. The van der Waals surface area contributed by atoms with E-state index in [1.807, 2.05) is 0 Å². The molecule has 20 heavy (non-hydrogen) atoms. The number of methoxy groups -OCH3 is 1. The highest BCUT2D eigenvalue weighted by molar-refractivity contribution is 7.89. The van der Waals surface area contributed by atoms with Gasteiger partial charge in [0, 0.05) is 25.4 Å². The molecule has 1 unspecified atom stereocenters. The van der Waals surface area contributed by atoms with Gasteiger partial charge in [-0.2, -0.15) is 0 Å². The van der Waals surface area contributed by atoms with E-state index in [4.69, 9.17) is 15.2 Å². The van der Waals surface area contributed by atoms with Crippen LogP contribution in [0.2, 0.25) is 0 Å². The van der Waals surface area contributed by atoms with Crippen molar-refractivity contribution in [2.75, 3.05) is 31.8 Å². The number of nitrogens with one attached hydrogen (secondary N) is 1. The third kappa shape index (κ3) is 6.74. The maximum Gasteiger partial charge on any atom is 0.215 e. The van der Waals surface area contributed by atoms with Gasteiger partial charge in [0.05, 0.1) is 5.75 Å². The van der Waals surface area contributed by atoms with Crippen LogP contribution in [0.5, 0.6) is 5.75 Å². The standard InChI is InChI=1S/C13H22N2O4S/c1-11(7-8-18-2)15-20(16,17)10-9-19-13-5-3-12(14)4-6-13/h3-6,11,15H,7-10,14H2,1-2H3. The van der Waals surface area contributed by atoms with E-state index in [1.54, 1.807) is 38.3 Å². The lowest BCUT2D eigenvalue weighted by atomic mass is 10.3. The molecule has 0 aliphatic carbocycles. The summed E-state index contributed by atoms with van der Waals surface area (Å²) in [6.07, 6.45) is 0.633. The van der Waals surface area contributed by atoms with Crippen molar-refractivity contribution in [1.82, 2.24) is 4.72 Å². The highest BCUT2D eigenvalue weighted by atomic mass is 32.2. The molecule has 114 valence electrons. The van der Waals surface area contributed by atoms with E-state index in [9.17, 15) is 8.42 Å². The van der Waals surface area contributed by atoms with Crippen molar-refractivity contribution in [3.63, 3.8) is 0 Å². The van der Waals surface area contributed by atoms with E-state index in [0.717, 1.165) is 0 Å². The van der Waals surface area contributed by atoms with Crippen molar-refractivity contribution >= 4 is 15.7 Å². The Labute approximate surface area is 120 Å². The maximum atomic E-state index is 11.8. The summed E-state index contributed by atoms with van der Waals surface area (Å²) in [4.78, 5) is 0. The van der Waals surface area contributed by atoms with Crippen LogP contribution in [-0.2, 0) is 14.8 Å². The fraction of sp³-hybridized carbons (Fsp3) is 0.538. The molecule has 0 bridgehead atoms. The Morgan fingerprint density at radius 3 is 2.50 bits per heavy atom. The van der Waals surface area contributed by atoms with Crippen LogP contribution in [0.4, 0.5) is 5.69 Å². The van der Waals surface area contributed by atoms with Gasteiger partial charge in [-0.05, 0) is 37.6 Å². The van der Waals surface area contributed by atoms with Gasteiger partial charge in [-0.15, -0.1) is 0 Å². The molecule has 0 aliphatic heterocycles. The van der Waals surface area contributed by atoms with Gasteiger partial charge in [-0.25, -0.2) is 13.1 Å². The molecule has 1 atom stereocenters. The molecule has 3 N–H and O–H groups in total. The summed E-state index contributed by atoms with van der Waals surface area (Å²) in [5, 5.41) is 0. The van der Waals surface area contributed by atoms with E-state index in [0.29, 0.717) is 24.5 Å². The summed E-state index contributed by atoms with van der Waals surface area (Å²) in [6, 6.07) is 6.66. The predicted octanol–water partition coefficient (Wildman–Crippen LogP) is 0.992. The summed E-state index contributed by atoms with van der Waals surface area (Å²) in [6.45, 7) is 2.42. The van der Waals surface area contributed by atoms with Crippen molar-refractivity contribution in [3.05, 3.63) is 24.3 Å². The lowest BCUT2D eigenvalue weighted by Crippen LogP contribution is -2.36. The SMILES string of the molecule is COCCC(C)NS(=O)(=O)CCOc1ccc(N)cc1. The molecular formula is C13H22N2O4S. The third-order valence-electron chi connectivity index (χ3n) is 2.64. The van der Waals surface area contributed by atoms with Gasteiger partial charge in [-0.1, -0.05) is 0 Å². The topological polar surface area (TPSA) is 90.6 Å². The first-order valence-corrected chi connectivity index (χ1v) is 8.05. The van der Waals surface area contributed by atoms with Crippen LogP contribution in [0, 0.1) is 0 Å². The molecule has 0 fully saturated rings. The summed E-state index contributed by atoms with van der Waals surface area (Å²) < 4.78 is 36.4. The average Bonchev–Trinajstić information content (AvgIpc) is 2.38. The van der Waals surface area contributed by atoms with Crippen LogP contribution >= 0.6 is 0 Å². The molecule has 0 amide bonds. The highest BCUT2D eigenvalue weighted by Crippen LogP contribution is 2.12. The molecule has 0 radical (unpaired) electrons.